The number of aryl methyl sites for hydroxylation is 2. The lowest BCUT2D eigenvalue weighted by Crippen LogP contribution is -1.98. The molecule has 0 spiro atoms. The molecule has 0 unspecified atom stereocenters. The molecule has 108 valence electrons. The van der Waals surface area contributed by atoms with Gasteiger partial charge >= 0.3 is 0 Å². The molecule has 0 atom stereocenters. The summed E-state index contributed by atoms with van der Waals surface area (Å²) in [6, 6.07) is 2.79. The van der Waals surface area contributed by atoms with E-state index in [1.807, 2.05) is 6.92 Å². The van der Waals surface area contributed by atoms with Crippen LogP contribution >= 0.6 is 23.2 Å². The van der Waals surface area contributed by atoms with Crippen LogP contribution in [0.25, 0.3) is 0 Å². The molecule has 2 rings (SSSR count). The molecule has 20 heavy (non-hydrogen) atoms. The van der Waals surface area contributed by atoms with E-state index in [0.29, 0.717) is 23.3 Å². The zero-order chi connectivity index (χ0) is 14.9. The molecule has 0 fully saturated rings. The molecule has 1 heterocycles. The van der Waals surface area contributed by atoms with E-state index in [1.54, 1.807) is 18.8 Å². The van der Waals surface area contributed by atoms with Gasteiger partial charge in [0.2, 0.25) is 5.88 Å². The Morgan fingerprint density at radius 1 is 1.30 bits per heavy atom. The molecule has 1 aromatic heterocycles. The molecule has 0 saturated carbocycles. The fraction of sp³-hybridized carbons (Fsp3) is 0.308. The zero-order valence-electron chi connectivity index (χ0n) is 11.3. The van der Waals surface area contributed by atoms with Crippen molar-refractivity contribution in [2.24, 2.45) is 7.05 Å². The second kappa shape index (κ2) is 5.91. The van der Waals surface area contributed by atoms with E-state index < -0.39 is 0 Å². The molecule has 1 aromatic carbocycles. The van der Waals surface area contributed by atoms with Crippen LogP contribution in [0.2, 0.25) is 10.0 Å². The van der Waals surface area contributed by atoms with Gasteiger partial charge in [-0.25, -0.2) is 4.68 Å². The Morgan fingerprint density at radius 3 is 2.65 bits per heavy atom. The van der Waals surface area contributed by atoms with Crippen molar-refractivity contribution < 1.29 is 14.6 Å². The third kappa shape index (κ3) is 2.85. The Hall–Kier alpha value is -1.43. The highest BCUT2D eigenvalue weighted by atomic mass is 35.5. The molecule has 7 heteroatoms. The van der Waals surface area contributed by atoms with Gasteiger partial charge in [-0.05, 0) is 13.0 Å². The zero-order valence-corrected chi connectivity index (χ0v) is 12.8. The van der Waals surface area contributed by atoms with E-state index in [0.717, 1.165) is 11.3 Å². The number of aromatic hydroxyl groups is 1. The van der Waals surface area contributed by atoms with E-state index in [-0.39, 0.29) is 10.8 Å². The fourth-order valence-electron chi connectivity index (χ4n) is 1.82. The summed E-state index contributed by atoms with van der Waals surface area (Å²) < 4.78 is 12.5. The fourth-order valence-corrected chi connectivity index (χ4v) is 2.24. The minimum Gasteiger partial charge on any atom is -0.506 e. The van der Waals surface area contributed by atoms with Crippen LogP contribution in [0.1, 0.15) is 11.3 Å². The number of phenols is 1. The molecule has 0 saturated heterocycles. The molecule has 0 aliphatic carbocycles. The molecule has 0 aliphatic heterocycles. The average Bonchev–Trinajstić information content (AvgIpc) is 2.63. The number of halogens is 2. The van der Waals surface area contributed by atoms with E-state index >= 15 is 0 Å². The maximum Gasteiger partial charge on any atom is 0.223 e. The van der Waals surface area contributed by atoms with Gasteiger partial charge in [0.1, 0.15) is 5.75 Å². The first-order chi connectivity index (χ1) is 9.43. The highest BCUT2D eigenvalue weighted by Crippen LogP contribution is 2.38. The van der Waals surface area contributed by atoms with Crippen molar-refractivity contribution in [3.8, 4) is 17.4 Å². The van der Waals surface area contributed by atoms with Crippen LogP contribution in [0.5, 0.6) is 17.4 Å². The second-order valence-electron chi connectivity index (χ2n) is 4.26. The van der Waals surface area contributed by atoms with Crippen molar-refractivity contribution in [2.45, 2.75) is 13.5 Å². The monoisotopic (exact) mass is 316 g/mol. The third-order valence-electron chi connectivity index (χ3n) is 2.79. The van der Waals surface area contributed by atoms with Gasteiger partial charge in [-0.3, -0.25) is 0 Å². The van der Waals surface area contributed by atoms with Crippen molar-refractivity contribution >= 4 is 23.2 Å². The van der Waals surface area contributed by atoms with Gasteiger partial charge in [-0.15, -0.1) is 0 Å². The van der Waals surface area contributed by atoms with Gasteiger partial charge in [0, 0.05) is 20.2 Å². The number of hydrogen-bond acceptors (Lipinski definition) is 4. The number of rotatable bonds is 4. The van der Waals surface area contributed by atoms with Gasteiger partial charge in [0.25, 0.3) is 0 Å². The van der Waals surface area contributed by atoms with Crippen molar-refractivity contribution in [3.63, 3.8) is 0 Å². The number of benzene rings is 1. The Labute approximate surface area is 126 Å². The van der Waals surface area contributed by atoms with E-state index in [2.05, 4.69) is 5.10 Å². The summed E-state index contributed by atoms with van der Waals surface area (Å²) >= 11 is 11.8. The summed E-state index contributed by atoms with van der Waals surface area (Å²) in [7, 11) is 3.35. The lowest BCUT2D eigenvalue weighted by atomic mass is 10.2. The average molecular weight is 317 g/mol. The molecule has 5 nitrogen and oxygen atoms in total. The summed E-state index contributed by atoms with van der Waals surface area (Å²) in [6.07, 6.45) is 0. The minimum atomic E-state index is -0.0988. The molecular formula is C13H14Cl2N2O3. The molecule has 2 aromatic rings. The molecule has 0 aliphatic rings. The maximum atomic E-state index is 9.63. The van der Waals surface area contributed by atoms with Crippen LogP contribution in [0.15, 0.2) is 12.1 Å². The summed E-state index contributed by atoms with van der Waals surface area (Å²) in [6.45, 7) is 2.23. The van der Waals surface area contributed by atoms with Crippen LogP contribution in [0.3, 0.4) is 0 Å². The SMILES string of the molecule is COCc1c(C)nn(C)c1Oc1cc(O)c(Cl)cc1Cl. The largest absolute Gasteiger partial charge is 0.506 e. The summed E-state index contributed by atoms with van der Waals surface area (Å²) in [4.78, 5) is 0. The van der Waals surface area contributed by atoms with E-state index in [4.69, 9.17) is 32.7 Å². The van der Waals surface area contributed by atoms with Crippen molar-refractivity contribution in [1.29, 1.82) is 0 Å². The molecule has 0 radical (unpaired) electrons. The molecule has 0 bridgehead atoms. The van der Waals surface area contributed by atoms with Crippen LogP contribution in [0.4, 0.5) is 0 Å². The van der Waals surface area contributed by atoms with E-state index in [9.17, 15) is 5.11 Å². The number of hydrogen-bond donors (Lipinski definition) is 1. The van der Waals surface area contributed by atoms with Gasteiger partial charge in [0.05, 0.1) is 27.9 Å². The van der Waals surface area contributed by atoms with Gasteiger partial charge in [0.15, 0.2) is 5.75 Å². The molecular weight excluding hydrogens is 303 g/mol. The molecule has 1 N–H and O–H groups in total. The lowest BCUT2D eigenvalue weighted by Gasteiger charge is -2.11. The second-order valence-corrected chi connectivity index (χ2v) is 5.08. The predicted octanol–water partition coefficient (Wildman–Crippen LogP) is 3.68. The van der Waals surface area contributed by atoms with Crippen molar-refractivity contribution in [1.82, 2.24) is 9.78 Å². The summed E-state index contributed by atoms with van der Waals surface area (Å²) in [5.41, 5.74) is 1.62. The van der Waals surface area contributed by atoms with Crippen molar-refractivity contribution in [3.05, 3.63) is 33.4 Å². The number of aromatic nitrogens is 2. The van der Waals surface area contributed by atoms with E-state index in [1.165, 1.54) is 12.1 Å². The molecule has 0 amide bonds. The highest BCUT2D eigenvalue weighted by Gasteiger charge is 2.17. The highest BCUT2D eigenvalue weighted by molar-refractivity contribution is 6.36. The number of ether oxygens (including phenoxy) is 2. The predicted molar refractivity (Wildman–Crippen MR) is 76.9 cm³/mol. The lowest BCUT2D eigenvalue weighted by molar-refractivity contribution is 0.181. The first kappa shape index (κ1) is 15.0. The quantitative estimate of drug-likeness (QED) is 0.934. The first-order valence-corrected chi connectivity index (χ1v) is 6.57. The third-order valence-corrected chi connectivity index (χ3v) is 3.38. The van der Waals surface area contributed by atoms with Crippen LogP contribution in [-0.2, 0) is 18.4 Å². The van der Waals surface area contributed by atoms with Crippen molar-refractivity contribution in [2.75, 3.05) is 7.11 Å². The Morgan fingerprint density at radius 2 is 2.00 bits per heavy atom. The summed E-state index contributed by atoms with van der Waals surface area (Å²) in [5, 5.41) is 14.4. The number of methoxy groups -OCH3 is 1. The topological polar surface area (TPSA) is 56.5 Å². The van der Waals surface area contributed by atoms with Gasteiger partial charge in [-0.1, -0.05) is 23.2 Å². The van der Waals surface area contributed by atoms with Crippen LogP contribution < -0.4 is 4.74 Å². The van der Waals surface area contributed by atoms with Gasteiger partial charge < -0.3 is 14.6 Å². The van der Waals surface area contributed by atoms with Crippen LogP contribution in [0, 0.1) is 6.92 Å². The summed E-state index contributed by atoms with van der Waals surface area (Å²) in [5.74, 6) is 0.708. The van der Waals surface area contributed by atoms with Crippen LogP contribution in [-0.4, -0.2) is 22.0 Å². The normalized spacial score (nSPS) is 10.8. The smallest absolute Gasteiger partial charge is 0.223 e. The minimum absolute atomic E-state index is 0.0988. The Kier molecular flexibility index (Phi) is 4.42. The first-order valence-electron chi connectivity index (χ1n) is 5.81. The van der Waals surface area contributed by atoms with Gasteiger partial charge in [-0.2, -0.15) is 5.10 Å². The maximum absolute atomic E-state index is 9.63. The Bertz CT molecular complexity index is 641. The number of nitrogens with zero attached hydrogens (tertiary/aromatic N) is 2. The Balaban J connectivity index is 2.42. The number of phenolic OH excluding ortho intramolecular Hbond substituents is 1. The standard InChI is InChI=1S/C13H14Cl2N2O3/c1-7-8(6-19-3)13(17(2)16-7)20-12-5-11(18)9(14)4-10(12)15/h4-5,18H,6H2,1-3H3.